The second kappa shape index (κ2) is 14.6. The van der Waals surface area contributed by atoms with Gasteiger partial charge in [-0.1, -0.05) is 66.8 Å². The van der Waals surface area contributed by atoms with Crippen LogP contribution in [0.2, 0.25) is 0 Å². The summed E-state index contributed by atoms with van der Waals surface area (Å²) in [5.74, 6) is 0.0222. The molecule has 1 unspecified atom stereocenters. The first-order chi connectivity index (χ1) is 20.3. The summed E-state index contributed by atoms with van der Waals surface area (Å²) in [4.78, 5) is 16.2. The highest BCUT2D eigenvalue weighted by Gasteiger charge is 2.33. The van der Waals surface area contributed by atoms with E-state index in [1.54, 1.807) is 29.8 Å². The minimum atomic E-state index is -0.317. The first-order valence-corrected chi connectivity index (χ1v) is 16.2. The van der Waals surface area contributed by atoms with Crippen LogP contribution in [0.5, 0.6) is 0 Å². The Kier molecular flexibility index (Phi) is 10.9. The van der Waals surface area contributed by atoms with Crippen LogP contribution in [-0.2, 0) is 17.8 Å². The molecule has 1 amide bonds. The maximum atomic E-state index is 13.8. The molecule has 4 nitrogen and oxygen atoms in total. The molecule has 0 saturated heterocycles. The second-order valence-electron chi connectivity index (χ2n) is 10.6. The van der Waals surface area contributed by atoms with Gasteiger partial charge in [0.1, 0.15) is 6.04 Å². The van der Waals surface area contributed by atoms with Crippen molar-refractivity contribution < 1.29 is 4.79 Å². The Morgan fingerprint density at radius 1 is 1.10 bits per heavy atom. The molecule has 3 aromatic rings. The summed E-state index contributed by atoms with van der Waals surface area (Å²) < 4.78 is 2.25. The number of fused-ring (bicyclic) bond motifs is 1. The van der Waals surface area contributed by atoms with Crippen LogP contribution in [0, 0.1) is 32.1 Å². The molecule has 1 aliphatic heterocycles. The van der Waals surface area contributed by atoms with Gasteiger partial charge in [0.15, 0.2) is 0 Å². The van der Waals surface area contributed by atoms with Crippen molar-refractivity contribution in [2.45, 2.75) is 62.9 Å². The molecule has 42 heavy (non-hydrogen) atoms. The Morgan fingerprint density at radius 3 is 2.50 bits per heavy atom. The van der Waals surface area contributed by atoms with E-state index < -0.39 is 0 Å². The lowest BCUT2D eigenvalue weighted by Gasteiger charge is -2.36. The van der Waals surface area contributed by atoms with Gasteiger partial charge in [0, 0.05) is 22.9 Å². The largest absolute Gasteiger partial charge is 0.354 e. The van der Waals surface area contributed by atoms with E-state index in [9.17, 15) is 10.1 Å². The monoisotopic (exact) mass is 593 g/mol. The number of thioether (sulfide) groups is 1. The minimum Gasteiger partial charge on any atom is -0.354 e. The van der Waals surface area contributed by atoms with Gasteiger partial charge in [-0.2, -0.15) is 5.26 Å². The molecule has 0 radical (unpaired) electrons. The van der Waals surface area contributed by atoms with E-state index >= 15 is 0 Å². The number of nitrogens with zero attached hydrogens (tertiary/aromatic N) is 2. The van der Waals surface area contributed by atoms with Crippen molar-refractivity contribution in [2.75, 3.05) is 12.8 Å². The Labute approximate surface area is 259 Å². The van der Waals surface area contributed by atoms with Crippen molar-refractivity contribution in [3.63, 3.8) is 0 Å². The van der Waals surface area contributed by atoms with Crippen LogP contribution in [0.25, 0.3) is 11.1 Å². The first kappa shape index (κ1) is 31.4. The van der Waals surface area contributed by atoms with Crippen molar-refractivity contribution >= 4 is 29.6 Å². The standard InChI is InChI=1S/C36H39N3OS2/c1-7-27(18-28(8-2)22-37)14-15-38-36(40)34-21-32-19-30(29-10-9-11-33(20-29)41-6)12-13-31(32)23-39(34)42-35-25(4)16-24(3)17-26(35)5/h7-13,16-20,34H,2,14-15,21,23H2,1,3-6H3,(H,38,40)/b27-7-,28-18+. The van der Waals surface area contributed by atoms with Crippen molar-refractivity contribution in [2.24, 2.45) is 0 Å². The zero-order valence-corrected chi connectivity index (χ0v) is 26.8. The summed E-state index contributed by atoms with van der Waals surface area (Å²) in [6.45, 7) is 13.2. The fourth-order valence-electron chi connectivity index (χ4n) is 5.37. The highest BCUT2D eigenvalue weighted by atomic mass is 32.2. The molecule has 4 rings (SSSR count). The van der Waals surface area contributed by atoms with Gasteiger partial charge in [0.2, 0.25) is 5.91 Å². The molecule has 0 bridgehead atoms. The Balaban J connectivity index is 1.60. The number of aryl methyl sites for hydroxylation is 3. The molecule has 1 atom stereocenters. The normalized spacial score (nSPS) is 15.6. The van der Waals surface area contributed by atoms with Gasteiger partial charge in [0.25, 0.3) is 0 Å². The van der Waals surface area contributed by atoms with Crippen LogP contribution in [0.1, 0.15) is 41.2 Å². The highest BCUT2D eigenvalue weighted by molar-refractivity contribution is 7.98. The van der Waals surface area contributed by atoms with Gasteiger partial charge in [-0.3, -0.25) is 4.79 Å². The van der Waals surface area contributed by atoms with E-state index in [1.165, 1.54) is 48.7 Å². The molecule has 6 heteroatoms. The number of carbonyl (C=O) groups is 1. The molecule has 0 aliphatic carbocycles. The summed E-state index contributed by atoms with van der Waals surface area (Å²) in [5.41, 5.74) is 10.1. The van der Waals surface area contributed by atoms with Gasteiger partial charge < -0.3 is 5.32 Å². The summed E-state index contributed by atoms with van der Waals surface area (Å²) >= 11 is 3.43. The van der Waals surface area contributed by atoms with E-state index in [1.807, 2.05) is 19.1 Å². The van der Waals surface area contributed by atoms with Gasteiger partial charge in [-0.15, -0.1) is 11.8 Å². The zero-order valence-electron chi connectivity index (χ0n) is 25.2. The number of nitrogens with one attached hydrogen (secondary N) is 1. The maximum Gasteiger partial charge on any atom is 0.238 e. The summed E-state index contributed by atoms with van der Waals surface area (Å²) in [6.07, 6.45) is 8.73. The maximum absolute atomic E-state index is 13.8. The Bertz CT molecular complexity index is 1560. The fourth-order valence-corrected chi connectivity index (χ4v) is 6.97. The summed E-state index contributed by atoms with van der Waals surface area (Å²) in [6, 6.07) is 21.5. The lowest BCUT2D eigenvalue weighted by molar-refractivity contribution is -0.125. The number of hydrogen-bond acceptors (Lipinski definition) is 5. The van der Waals surface area contributed by atoms with Crippen LogP contribution in [0.15, 0.2) is 100 Å². The first-order valence-electron chi connectivity index (χ1n) is 14.2. The Hall–Kier alpha value is -3.50. The van der Waals surface area contributed by atoms with Gasteiger partial charge in [-0.25, -0.2) is 4.31 Å². The minimum absolute atomic E-state index is 0.0222. The SMILES string of the molecule is C=C/C(C#N)=C\C(=C/C)CCNC(=O)C1Cc2cc(-c3cccc(SC)c3)ccc2CN1Sc1c(C)cc(C)cc1C. The number of hydrogen-bond donors (Lipinski definition) is 1. The molecule has 0 saturated carbocycles. The number of amides is 1. The zero-order chi connectivity index (χ0) is 30.2. The molecule has 1 aliphatic rings. The van der Waals surface area contributed by atoms with E-state index in [4.69, 9.17) is 0 Å². The average Bonchev–Trinajstić information content (AvgIpc) is 2.99. The van der Waals surface area contributed by atoms with Crippen LogP contribution >= 0.6 is 23.7 Å². The van der Waals surface area contributed by atoms with Crippen LogP contribution in [0.4, 0.5) is 0 Å². The van der Waals surface area contributed by atoms with Gasteiger partial charge >= 0.3 is 0 Å². The summed E-state index contributed by atoms with van der Waals surface area (Å²) in [7, 11) is 0. The summed E-state index contributed by atoms with van der Waals surface area (Å²) in [5, 5.41) is 12.5. The van der Waals surface area contributed by atoms with Gasteiger partial charge in [0.05, 0.1) is 11.6 Å². The molecule has 0 aromatic heterocycles. The van der Waals surface area contributed by atoms with Crippen molar-refractivity contribution in [3.05, 3.63) is 118 Å². The third-order valence-corrected chi connectivity index (χ3v) is 9.76. The highest BCUT2D eigenvalue weighted by Crippen LogP contribution is 2.38. The molecule has 0 spiro atoms. The predicted octanol–water partition coefficient (Wildman–Crippen LogP) is 8.52. The quantitative estimate of drug-likeness (QED) is 0.111. The average molecular weight is 594 g/mol. The molecular formula is C36H39N3OS2. The third kappa shape index (κ3) is 7.66. The van der Waals surface area contributed by atoms with Crippen LogP contribution < -0.4 is 5.32 Å². The number of benzene rings is 3. The smallest absolute Gasteiger partial charge is 0.238 e. The number of nitriles is 1. The van der Waals surface area contributed by atoms with Gasteiger partial charge in [-0.05, 0) is 116 Å². The lowest BCUT2D eigenvalue weighted by Crippen LogP contribution is -2.47. The molecular weight excluding hydrogens is 555 g/mol. The number of allylic oxidation sites excluding steroid dienone is 4. The molecule has 1 heterocycles. The number of carbonyl (C=O) groups excluding carboxylic acids is 1. The van der Waals surface area contributed by atoms with Crippen LogP contribution in [0.3, 0.4) is 0 Å². The van der Waals surface area contributed by atoms with Crippen molar-refractivity contribution in [1.29, 1.82) is 5.26 Å². The van der Waals surface area contributed by atoms with Crippen molar-refractivity contribution in [3.8, 4) is 17.2 Å². The second-order valence-corrected chi connectivity index (χ2v) is 12.6. The van der Waals surface area contributed by atoms with Crippen LogP contribution in [-0.4, -0.2) is 29.1 Å². The fraction of sp³-hybridized carbons (Fsp3) is 0.278. The number of rotatable bonds is 10. The molecule has 0 fully saturated rings. The van der Waals surface area contributed by atoms with Crippen molar-refractivity contribution in [1.82, 2.24) is 9.62 Å². The molecule has 216 valence electrons. The van der Waals surface area contributed by atoms with E-state index in [-0.39, 0.29) is 11.9 Å². The Morgan fingerprint density at radius 2 is 1.83 bits per heavy atom. The van der Waals surface area contributed by atoms with E-state index in [0.717, 1.165) is 5.57 Å². The molecule has 1 N–H and O–H groups in total. The predicted molar refractivity (Wildman–Crippen MR) is 178 cm³/mol. The van der Waals surface area contributed by atoms with E-state index in [2.05, 4.69) is 104 Å². The molecule has 3 aromatic carbocycles. The lowest BCUT2D eigenvalue weighted by atomic mass is 9.91. The van der Waals surface area contributed by atoms with E-state index in [0.29, 0.717) is 31.5 Å². The topological polar surface area (TPSA) is 56.1 Å². The third-order valence-electron chi connectivity index (χ3n) is 7.59.